The van der Waals surface area contributed by atoms with Crippen LogP contribution < -0.4 is 19.0 Å². The van der Waals surface area contributed by atoms with Crippen LogP contribution >= 0.6 is 11.3 Å². The van der Waals surface area contributed by atoms with Gasteiger partial charge in [0.1, 0.15) is 22.8 Å². The second kappa shape index (κ2) is 10.3. The van der Waals surface area contributed by atoms with Gasteiger partial charge in [0, 0.05) is 22.4 Å². The summed E-state index contributed by atoms with van der Waals surface area (Å²) in [6.45, 7) is 0. The minimum Gasteiger partial charge on any atom is -0.493 e. The fraction of sp³-hybridized carbons (Fsp3) is 0.111. The lowest BCUT2D eigenvalue weighted by Crippen LogP contribution is -2.11. The van der Waals surface area contributed by atoms with Crippen LogP contribution in [0.2, 0.25) is 0 Å². The molecule has 0 radical (unpaired) electrons. The van der Waals surface area contributed by atoms with E-state index in [1.165, 1.54) is 43.4 Å². The van der Waals surface area contributed by atoms with Crippen molar-refractivity contribution in [3.63, 3.8) is 0 Å². The molecule has 2 aromatic heterocycles. The predicted molar refractivity (Wildman–Crippen MR) is 138 cm³/mol. The summed E-state index contributed by atoms with van der Waals surface area (Å²) in [5.41, 5.74) is 1.96. The molecule has 0 atom stereocenters. The van der Waals surface area contributed by atoms with E-state index in [0.29, 0.717) is 44.7 Å². The normalized spacial score (nSPS) is 12.0. The van der Waals surface area contributed by atoms with E-state index in [-0.39, 0.29) is 5.69 Å². The number of nitrogens with zero attached hydrogens (tertiary/aromatic N) is 3. The van der Waals surface area contributed by atoms with Gasteiger partial charge in [-0.25, -0.2) is 18.4 Å². The second-order valence-electron chi connectivity index (χ2n) is 7.77. The van der Waals surface area contributed by atoms with Crippen LogP contribution in [0.5, 0.6) is 17.2 Å². The van der Waals surface area contributed by atoms with Crippen molar-refractivity contribution in [3.8, 4) is 28.7 Å². The fourth-order valence-corrected chi connectivity index (χ4v) is 4.57. The Labute approximate surface area is 214 Å². The number of hydrogen-bond acceptors (Lipinski definition) is 7. The first-order valence-electron chi connectivity index (χ1n) is 11.0. The Morgan fingerprint density at radius 3 is 2.35 bits per heavy atom. The predicted octanol–water partition coefficient (Wildman–Crippen LogP) is 6.38. The maximum Gasteiger partial charge on any atom is 0.211 e. The van der Waals surface area contributed by atoms with E-state index in [4.69, 9.17) is 18.6 Å². The van der Waals surface area contributed by atoms with Crippen LogP contribution in [0.4, 0.5) is 14.5 Å². The largest absolute Gasteiger partial charge is 0.493 e. The number of para-hydroxylation sites is 1. The average Bonchev–Trinajstić information content (AvgIpc) is 3.52. The van der Waals surface area contributed by atoms with Gasteiger partial charge in [-0.05, 0) is 36.4 Å². The van der Waals surface area contributed by atoms with Gasteiger partial charge < -0.3 is 18.6 Å². The third kappa shape index (κ3) is 4.83. The number of furan rings is 1. The molecular formula is C27H21F2N3O4S. The lowest BCUT2D eigenvalue weighted by Gasteiger charge is -2.12. The molecule has 0 aliphatic carbocycles. The molecule has 0 saturated carbocycles. The topological polar surface area (TPSA) is 70.5 Å². The lowest BCUT2D eigenvalue weighted by molar-refractivity contribution is 0.324. The van der Waals surface area contributed by atoms with Gasteiger partial charge in [0.15, 0.2) is 23.1 Å². The molecule has 0 N–H and O–H groups in total. The summed E-state index contributed by atoms with van der Waals surface area (Å²) in [5.74, 6) is 0.484. The molecule has 5 rings (SSSR count). The number of rotatable bonds is 7. The van der Waals surface area contributed by atoms with Gasteiger partial charge in [0.25, 0.3) is 0 Å². The van der Waals surface area contributed by atoms with Crippen molar-refractivity contribution in [1.29, 1.82) is 0 Å². The maximum absolute atomic E-state index is 14.4. The van der Waals surface area contributed by atoms with Crippen molar-refractivity contribution in [2.24, 2.45) is 10.1 Å². The first-order valence-corrected chi connectivity index (χ1v) is 11.9. The molecule has 0 aliphatic heterocycles. The smallest absolute Gasteiger partial charge is 0.211 e. The van der Waals surface area contributed by atoms with Gasteiger partial charge in [-0.15, -0.1) is 11.3 Å². The number of fused-ring (bicyclic) bond motifs is 1. The molecule has 188 valence electrons. The Morgan fingerprint density at radius 2 is 1.68 bits per heavy atom. The molecule has 0 bridgehead atoms. The zero-order valence-corrected chi connectivity index (χ0v) is 20.9. The van der Waals surface area contributed by atoms with Gasteiger partial charge in [-0.1, -0.05) is 18.2 Å². The lowest BCUT2D eigenvalue weighted by atomic mass is 10.2. The van der Waals surface area contributed by atoms with Gasteiger partial charge in [-0.3, -0.25) is 0 Å². The monoisotopic (exact) mass is 521 g/mol. The Balaban J connectivity index is 1.67. The summed E-state index contributed by atoms with van der Waals surface area (Å²) >= 11 is 1.24. The summed E-state index contributed by atoms with van der Waals surface area (Å²) in [5, 5.41) is 7.37. The molecular weight excluding hydrogens is 500 g/mol. The van der Waals surface area contributed by atoms with Crippen LogP contribution in [0, 0.1) is 11.6 Å². The molecule has 2 heterocycles. The van der Waals surface area contributed by atoms with Gasteiger partial charge in [0.2, 0.25) is 10.6 Å². The Morgan fingerprint density at radius 1 is 0.919 bits per heavy atom. The third-order valence-electron chi connectivity index (χ3n) is 5.50. The van der Waals surface area contributed by atoms with E-state index in [1.54, 1.807) is 18.3 Å². The number of methoxy groups -OCH3 is 3. The summed E-state index contributed by atoms with van der Waals surface area (Å²) < 4.78 is 51.6. The van der Waals surface area contributed by atoms with Crippen LogP contribution in [0.25, 0.3) is 22.4 Å². The van der Waals surface area contributed by atoms with E-state index in [2.05, 4.69) is 10.1 Å². The number of thiazole rings is 1. The van der Waals surface area contributed by atoms with Crippen LogP contribution in [-0.2, 0) is 0 Å². The van der Waals surface area contributed by atoms with E-state index in [0.717, 1.165) is 17.5 Å². The molecule has 7 nitrogen and oxygen atoms in total. The molecule has 37 heavy (non-hydrogen) atoms. The summed E-state index contributed by atoms with van der Waals surface area (Å²) in [7, 11) is 4.58. The zero-order valence-electron chi connectivity index (χ0n) is 20.1. The standard InChI is InChI=1S/C27H21F2N3O4S/c1-33-24-10-16(11-25(34-2)26(24)35-3)14-30-32-21(23-12-17-6-4-5-7-22(17)36-23)15-37-27(32)31-20-9-8-18(28)13-19(20)29/h4-15H,1-3H3. The number of halogens is 2. The maximum atomic E-state index is 14.4. The quantitative estimate of drug-likeness (QED) is 0.233. The average molecular weight is 522 g/mol. The second-order valence-corrected chi connectivity index (χ2v) is 8.61. The van der Waals surface area contributed by atoms with Gasteiger partial charge >= 0.3 is 0 Å². The molecule has 0 spiro atoms. The summed E-state index contributed by atoms with van der Waals surface area (Å²) in [4.78, 5) is 4.76. The number of aromatic nitrogens is 1. The molecule has 3 aromatic carbocycles. The molecule has 0 fully saturated rings. The molecule has 0 unspecified atom stereocenters. The molecule has 0 aliphatic rings. The first kappa shape index (κ1) is 24.3. The third-order valence-corrected chi connectivity index (χ3v) is 6.31. The molecule has 5 aromatic rings. The summed E-state index contributed by atoms with van der Waals surface area (Å²) in [6.07, 6.45) is 1.59. The van der Waals surface area contributed by atoms with E-state index >= 15 is 0 Å². The number of benzene rings is 3. The van der Waals surface area contributed by atoms with Crippen molar-refractivity contribution in [2.45, 2.75) is 0 Å². The molecule has 0 amide bonds. The number of ether oxygens (including phenoxy) is 3. The first-order chi connectivity index (χ1) is 18.0. The zero-order chi connectivity index (χ0) is 25.9. The Kier molecular flexibility index (Phi) is 6.74. The van der Waals surface area contributed by atoms with Crippen molar-refractivity contribution in [2.75, 3.05) is 21.3 Å². The van der Waals surface area contributed by atoms with E-state index in [1.807, 2.05) is 35.7 Å². The van der Waals surface area contributed by atoms with Crippen molar-refractivity contribution in [1.82, 2.24) is 4.68 Å². The van der Waals surface area contributed by atoms with E-state index in [9.17, 15) is 8.78 Å². The number of hydrogen-bond donors (Lipinski definition) is 0. The van der Waals surface area contributed by atoms with Crippen LogP contribution in [0.15, 0.2) is 80.6 Å². The van der Waals surface area contributed by atoms with Crippen molar-refractivity contribution in [3.05, 3.63) is 88.0 Å². The highest BCUT2D eigenvalue weighted by Gasteiger charge is 2.15. The minimum atomic E-state index is -0.779. The van der Waals surface area contributed by atoms with E-state index < -0.39 is 11.6 Å². The van der Waals surface area contributed by atoms with Crippen LogP contribution in [-0.4, -0.2) is 32.2 Å². The Hall–Kier alpha value is -4.44. The van der Waals surface area contributed by atoms with Gasteiger partial charge in [0.05, 0.1) is 27.5 Å². The van der Waals surface area contributed by atoms with Crippen molar-refractivity contribution < 1.29 is 27.4 Å². The molecule has 10 heteroatoms. The van der Waals surface area contributed by atoms with Gasteiger partial charge in [-0.2, -0.15) is 5.10 Å². The highest BCUT2D eigenvalue weighted by molar-refractivity contribution is 7.07. The highest BCUT2D eigenvalue weighted by atomic mass is 32.1. The fourth-order valence-electron chi connectivity index (χ4n) is 3.74. The van der Waals surface area contributed by atoms with Crippen LogP contribution in [0.1, 0.15) is 5.56 Å². The minimum absolute atomic E-state index is 0.0175. The summed E-state index contributed by atoms with van der Waals surface area (Å²) in [6, 6.07) is 16.2. The van der Waals surface area contributed by atoms with Crippen LogP contribution in [0.3, 0.4) is 0 Å². The van der Waals surface area contributed by atoms with Crippen molar-refractivity contribution >= 4 is 34.2 Å². The molecule has 0 saturated heterocycles. The SMILES string of the molecule is COc1cc(C=Nn2c(-c3cc4ccccc4o3)csc2=Nc2ccc(F)cc2F)cc(OC)c1OC. The highest BCUT2D eigenvalue weighted by Crippen LogP contribution is 2.38. The Bertz CT molecular complexity index is 1630.